The molecule has 4 aromatic rings. The van der Waals surface area contributed by atoms with Gasteiger partial charge < -0.3 is 9.47 Å². The molecule has 0 fully saturated rings. The molecule has 0 saturated carbocycles. The number of nitrogens with one attached hydrogen (secondary N) is 1. The SMILES string of the molecule is N#Cc1ccc2ccc(Oc3ccccc3OCCn3ccc(=O)[nH]c3=O)cc2c1. The third-order valence-electron chi connectivity index (χ3n) is 4.50. The van der Waals surface area contributed by atoms with E-state index < -0.39 is 11.2 Å². The molecule has 0 saturated heterocycles. The first-order chi connectivity index (χ1) is 14.6. The maximum absolute atomic E-state index is 11.8. The lowest BCUT2D eigenvalue weighted by Gasteiger charge is -2.13. The van der Waals surface area contributed by atoms with Crippen LogP contribution in [0.1, 0.15) is 5.56 Å². The van der Waals surface area contributed by atoms with E-state index >= 15 is 0 Å². The van der Waals surface area contributed by atoms with Crippen molar-refractivity contribution in [2.75, 3.05) is 6.61 Å². The highest BCUT2D eigenvalue weighted by Gasteiger charge is 2.07. The Morgan fingerprint density at radius 2 is 1.73 bits per heavy atom. The summed E-state index contributed by atoms with van der Waals surface area (Å²) in [6.45, 7) is 0.492. The van der Waals surface area contributed by atoms with E-state index in [1.54, 1.807) is 18.2 Å². The van der Waals surface area contributed by atoms with Gasteiger partial charge in [-0.1, -0.05) is 24.3 Å². The van der Waals surface area contributed by atoms with Crippen LogP contribution in [0.25, 0.3) is 10.8 Å². The number of H-pyrrole nitrogens is 1. The quantitative estimate of drug-likeness (QED) is 0.536. The number of hydrogen-bond donors (Lipinski definition) is 1. The number of hydrogen-bond acceptors (Lipinski definition) is 5. The summed E-state index contributed by atoms with van der Waals surface area (Å²) in [4.78, 5) is 25.1. The molecule has 1 aromatic heterocycles. The molecular weight excluding hydrogens is 382 g/mol. The van der Waals surface area contributed by atoms with E-state index in [1.165, 1.54) is 16.8 Å². The lowest BCUT2D eigenvalue weighted by Crippen LogP contribution is -2.30. The lowest BCUT2D eigenvalue weighted by molar-refractivity contribution is 0.283. The molecule has 0 unspecified atom stereocenters. The average Bonchev–Trinajstić information content (AvgIpc) is 2.76. The number of fused-ring (bicyclic) bond motifs is 1. The average molecular weight is 399 g/mol. The lowest BCUT2D eigenvalue weighted by atomic mass is 10.1. The van der Waals surface area contributed by atoms with Crippen molar-refractivity contribution in [2.45, 2.75) is 6.54 Å². The first kappa shape index (κ1) is 19.0. The molecule has 1 heterocycles. The molecule has 0 radical (unpaired) electrons. The van der Waals surface area contributed by atoms with Crippen molar-refractivity contribution in [2.24, 2.45) is 0 Å². The predicted octanol–water partition coefficient (Wildman–Crippen LogP) is 3.43. The maximum atomic E-state index is 11.8. The number of nitrogens with zero attached hydrogens (tertiary/aromatic N) is 2. The van der Waals surface area contributed by atoms with Gasteiger partial charge in [-0.15, -0.1) is 0 Å². The van der Waals surface area contributed by atoms with Gasteiger partial charge in [-0.2, -0.15) is 5.26 Å². The van der Waals surface area contributed by atoms with Crippen molar-refractivity contribution in [3.05, 3.63) is 99.3 Å². The summed E-state index contributed by atoms with van der Waals surface area (Å²) in [5.41, 5.74) is -0.336. The topological polar surface area (TPSA) is 97.1 Å². The molecule has 0 aliphatic heterocycles. The summed E-state index contributed by atoms with van der Waals surface area (Å²) in [6.07, 6.45) is 1.43. The van der Waals surface area contributed by atoms with Crippen LogP contribution in [0.4, 0.5) is 0 Å². The Morgan fingerprint density at radius 3 is 2.53 bits per heavy atom. The monoisotopic (exact) mass is 399 g/mol. The van der Waals surface area contributed by atoms with E-state index in [4.69, 9.17) is 14.7 Å². The first-order valence-electron chi connectivity index (χ1n) is 9.26. The van der Waals surface area contributed by atoms with Crippen LogP contribution in [-0.4, -0.2) is 16.2 Å². The van der Waals surface area contributed by atoms with Gasteiger partial charge in [0.15, 0.2) is 11.5 Å². The van der Waals surface area contributed by atoms with Crippen molar-refractivity contribution in [3.8, 4) is 23.3 Å². The minimum Gasteiger partial charge on any atom is -0.488 e. The van der Waals surface area contributed by atoms with Gasteiger partial charge in [0.1, 0.15) is 12.4 Å². The van der Waals surface area contributed by atoms with E-state index in [0.717, 1.165) is 10.8 Å². The minimum absolute atomic E-state index is 0.218. The van der Waals surface area contributed by atoms with Crippen molar-refractivity contribution in [1.82, 2.24) is 9.55 Å². The van der Waals surface area contributed by atoms with Crippen molar-refractivity contribution >= 4 is 10.8 Å². The normalized spacial score (nSPS) is 10.5. The van der Waals surface area contributed by atoms with Crippen molar-refractivity contribution in [3.63, 3.8) is 0 Å². The Hall–Kier alpha value is -4.31. The molecule has 0 spiro atoms. The summed E-state index contributed by atoms with van der Waals surface area (Å²) >= 11 is 0. The Kier molecular flexibility index (Phi) is 5.31. The Balaban J connectivity index is 1.50. The van der Waals surface area contributed by atoms with E-state index in [0.29, 0.717) is 22.8 Å². The second-order valence-electron chi connectivity index (χ2n) is 6.54. The van der Waals surface area contributed by atoms with E-state index in [1.807, 2.05) is 42.5 Å². The fraction of sp³-hybridized carbons (Fsp3) is 0.0870. The molecule has 1 N–H and O–H groups in total. The van der Waals surface area contributed by atoms with E-state index in [9.17, 15) is 9.59 Å². The van der Waals surface area contributed by atoms with Crippen LogP contribution in [-0.2, 0) is 6.54 Å². The largest absolute Gasteiger partial charge is 0.488 e. The van der Waals surface area contributed by atoms with Crippen molar-refractivity contribution in [1.29, 1.82) is 5.26 Å². The van der Waals surface area contributed by atoms with Gasteiger partial charge in [0.05, 0.1) is 18.2 Å². The first-order valence-corrected chi connectivity index (χ1v) is 9.26. The molecule has 0 aliphatic rings. The fourth-order valence-electron chi connectivity index (χ4n) is 3.01. The standard InChI is InChI=1S/C23H17N3O4/c24-15-16-5-6-17-7-8-19(14-18(17)13-16)30-21-4-2-1-3-20(21)29-12-11-26-10-9-22(27)25-23(26)28/h1-10,13-14H,11-12H2,(H,25,27,28). The van der Waals surface area contributed by atoms with Crippen LogP contribution in [0.3, 0.4) is 0 Å². The zero-order chi connectivity index (χ0) is 20.9. The third kappa shape index (κ3) is 4.23. The zero-order valence-corrected chi connectivity index (χ0v) is 15.9. The van der Waals surface area contributed by atoms with Gasteiger partial charge in [0.2, 0.25) is 0 Å². The van der Waals surface area contributed by atoms with Crippen LogP contribution < -0.4 is 20.7 Å². The molecule has 30 heavy (non-hydrogen) atoms. The third-order valence-corrected chi connectivity index (χ3v) is 4.50. The summed E-state index contributed by atoms with van der Waals surface area (Å²) in [5.74, 6) is 1.67. The van der Waals surface area contributed by atoms with Crippen LogP contribution in [0, 0.1) is 11.3 Å². The summed E-state index contributed by atoms with van der Waals surface area (Å²) in [7, 11) is 0. The number of para-hydroxylation sites is 2. The molecule has 0 amide bonds. The van der Waals surface area contributed by atoms with E-state index in [2.05, 4.69) is 11.1 Å². The van der Waals surface area contributed by atoms with Crippen LogP contribution in [0.15, 0.2) is 82.5 Å². The summed E-state index contributed by atoms with van der Waals surface area (Å²) in [5, 5.41) is 11.0. The Morgan fingerprint density at radius 1 is 0.933 bits per heavy atom. The second-order valence-corrected chi connectivity index (χ2v) is 6.54. The number of aromatic amines is 1. The smallest absolute Gasteiger partial charge is 0.328 e. The number of ether oxygens (including phenoxy) is 2. The van der Waals surface area contributed by atoms with Crippen LogP contribution in [0.5, 0.6) is 17.2 Å². The maximum Gasteiger partial charge on any atom is 0.328 e. The summed E-state index contributed by atoms with van der Waals surface area (Å²) in [6, 6.07) is 21.8. The number of benzene rings is 3. The van der Waals surface area contributed by atoms with Crippen LogP contribution >= 0.6 is 0 Å². The van der Waals surface area contributed by atoms with Gasteiger partial charge in [-0.25, -0.2) is 4.79 Å². The Labute approximate surface area is 171 Å². The van der Waals surface area contributed by atoms with Gasteiger partial charge in [0, 0.05) is 12.3 Å². The molecule has 0 atom stereocenters. The number of rotatable bonds is 6. The van der Waals surface area contributed by atoms with Gasteiger partial charge in [-0.05, 0) is 47.2 Å². The molecular formula is C23H17N3O4. The minimum atomic E-state index is -0.483. The molecule has 3 aromatic carbocycles. The Bertz CT molecular complexity index is 1370. The van der Waals surface area contributed by atoms with Gasteiger partial charge in [-0.3, -0.25) is 14.3 Å². The molecule has 7 nitrogen and oxygen atoms in total. The highest BCUT2D eigenvalue weighted by molar-refractivity contribution is 5.85. The van der Waals surface area contributed by atoms with E-state index in [-0.39, 0.29) is 13.2 Å². The zero-order valence-electron chi connectivity index (χ0n) is 15.9. The molecule has 0 bridgehead atoms. The fourth-order valence-corrected chi connectivity index (χ4v) is 3.01. The summed E-state index contributed by atoms with van der Waals surface area (Å²) < 4.78 is 13.2. The highest BCUT2D eigenvalue weighted by Crippen LogP contribution is 2.32. The number of aromatic nitrogens is 2. The van der Waals surface area contributed by atoms with Crippen molar-refractivity contribution < 1.29 is 9.47 Å². The molecule has 0 aliphatic carbocycles. The van der Waals surface area contributed by atoms with Gasteiger partial charge in [0.25, 0.3) is 5.56 Å². The molecule has 148 valence electrons. The predicted molar refractivity (Wildman–Crippen MR) is 112 cm³/mol. The van der Waals surface area contributed by atoms with Crippen LogP contribution in [0.2, 0.25) is 0 Å². The second kappa shape index (κ2) is 8.37. The van der Waals surface area contributed by atoms with Gasteiger partial charge >= 0.3 is 5.69 Å². The molecule has 4 rings (SSSR count). The highest BCUT2D eigenvalue weighted by atomic mass is 16.5. The number of nitriles is 1. The molecule has 7 heteroatoms.